The number of piperazine rings is 1. The third-order valence-corrected chi connectivity index (χ3v) is 14.4. The first kappa shape index (κ1) is 29.7. The number of amides is 2. The van der Waals surface area contributed by atoms with Gasteiger partial charge >= 0.3 is 0 Å². The quantitative estimate of drug-likeness (QED) is 0.367. The van der Waals surface area contributed by atoms with Gasteiger partial charge in [-0.2, -0.15) is 0 Å². The predicted molar refractivity (Wildman–Crippen MR) is 180 cm³/mol. The highest BCUT2D eigenvalue weighted by Crippen LogP contribution is 2.66. The van der Waals surface area contributed by atoms with Crippen LogP contribution in [-0.2, 0) is 21.4 Å². The number of piperidine rings is 2. The van der Waals surface area contributed by atoms with Gasteiger partial charge in [-0.25, -0.2) is 13.1 Å². The summed E-state index contributed by atoms with van der Waals surface area (Å²) in [6.45, 7) is 2.15. The van der Waals surface area contributed by atoms with Gasteiger partial charge in [0.1, 0.15) is 5.75 Å². The predicted octanol–water partition coefficient (Wildman–Crippen LogP) is 5.43. The zero-order chi connectivity index (χ0) is 32.1. The Morgan fingerprint density at radius 3 is 2.49 bits per heavy atom. The van der Waals surface area contributed by atoms with Gasteiger partial charge in [0.25, 0.3) is 5.91 Å². The van der Waals surface area contributed by atoms with Crippen molar-refractivity contribution in [3.63, 3.8) is 0 Å². The van der Waals surface area contributed by atoms with Crippen LogP contribution in [0.25, 0.3) is 22.2 Å². The van der Waals surface area contributed by atoms with Gasteiger partial charge in [0.15, 0.2) is 0 Å². The van der Waals surface area contributed by atoms with Crippen molar-refractivity contribution in [2.75, 3.05) is 20.2 Å². The molecule has 4 atom stereocenters. The Morgan fingerprint density at radius 2 is 1.81 bits per heavy atom. The molecule has 2 N–H and O–H groups in total. The molecule has 3 saturated heterocycles. The van der Waals surface area contributed by atoms with Gasteiger partial charge in [-0.1, -0.05) is 31.7 Å². The summed E-state index contributed by atoms with van der Waals surface area (Å²) in [7, 11) is -2.02. The van der Waals surface area contributed by atoms with Crippen LogP contribution in [0.4, 0.5) is 0 Å². The van der Waals surface area contributed by atoms with Gasteiger partial charge in [0, 0.05) is 59.7 Å². The molecule has 0 spiro atoms. The Bertz CT molecular complexity index is 1900. The lowest BCUT2D eigenvalue weighted by molar-refractivity contribution is -0.144. The van der Waals surface area contributed by atoms with Crippen LogP contribution in [0.3, 0.4) is 0 Å². The molecular weight excluding hydrogens is 612 g/mol. The molecule has 3 saturated carbocycles. The Balaban J connectivity index is 1.21. The van der Waals surface area contributed by atoms with Crippen molar-refractivity contribution in [1.82, 2.24) is 19.5 Å². The average Bonchev–Trinajstić information content (AvgIpc) is 3.73. The van der Waals surface area contributed by atoms with E-state index in [4.69, 9.17) is 4.74 Å². The van der Waals surface area contributed by atoms with E-state index in [9.17, 15) is 18.0 Å². The summed E-state index contributed by atoms with van der Waals surface area (Å²) in [6, 6.07) is 12.6. The van der Waals surface area contributed by atoms with Crippen LogP contribution in [0, 0.1) is 5.41 Å². The van der Waals surface area contributed by atoms with Crippen LogP contribution in [0.5, 0.6) is 5.75 Å². The monoisotopic (exact) mass is 656 g/mol. The average molecular weight is 657 g/mol. The summed E-state index contributed by atoms with van der Waals surface area (Å²) >= 11 is 0. The molecule has 10 rings (SSSR count). The number of carbonyl (C=O) groups excluding carboxylic acids is 2. The van der Waals surface area contributed by atoms with Gasteiger partial charge in [-0.15, -0.1) is 0 Å². The van der Waals surface area contributed by atoms with E-state index in [-0.39, 0.29) is 17.9 Å². The number of rotatable bonds is 6. The molecule has 5 heterocycles. The maximum absolute atomic E-state index is 14.8. The second-order valence-corrected chi connectivity index (χ2v) is 17.1. The van der Waals surface area contributed by atoms with Crippen molar-refractivity contribution in [2.24, 2.45) is 5.41 Å². The van der Waals surface area contributed by atoms with Crippen LogP contribution in [-0.4, -0.2) is 67.2 Å². The number of nitrogens with one attached hydrogen (secondary N) is 2. The van der Waals surface area contributed by atoms with E-state index in [0.29, 0.717) is 36.9 Å². The second kappa shape index (κ2) is 10.8. The zero-order valence-electron chi connectivity index (χ0n) is 27.1. The second-order valence-electron chi connectivity index (χ2n) is 15.1. The third-order valence-electron chi connectivity index (χ3n) is 12.5. The molecule has 2 bridgehead atoms. The molecule has 9 nitrogen and oxygen atoms in total. The van der Waals surface area contributed by atoms with Crippen molar-refractivity contribution in [1.29, 1.82) is 0 Å². The van der Waals surface area contributed by atoms with Crippen molar-refractivity contribution in [2.45, 2.75) is 106 Å². The van der Waals surface area contributed by atoms with Gasteiger partial charge in [-0.3, -0.25) is 9.59 Å². The fraction of sp³-hybridized carbons (Fsp3) is 0.568. The highest BCUT2D eigenvalue weighted by atomic mass is 32.2. The molecule has 248 valence electrons. The number of nitrogens with zero attached hydrogens (tertiary/aromatic N) is 2. The molecule has 7 aliphatic rings. The molecule has 3 aromatic rings. The molecule has 2 aromatic carbocycles. The van der Waals surface area contributed by atoms with Crippen LogP contribution < -0.4 is 14.8 Å². The summed E-state index contributed by atoms with van der Waals surface area (Å²) in [6.07, 6.45) is 10.8. The van der Waals surface area contributed by atoms with Crippen LogP contribution >= 0.6 is 0 Å². The van der Waals surface area contributed by atoms with E-state index >= 15 is 0 Å². The first-order chi connectivity index (χ1) is 22.8. The third kappa shape index (κ3) is 4.60. The number of carbonyl (C=O) groups is 2. The number of ether oxygens (including phenoxy) is 1. The number of hydrogen-bond acceptors (Lipinski definition) is 6. The van der Waals surface area contributed by atoms with Crippen LogP contribution in [0.15, 0.2) is 36.4 Å². The Kier molecular flexibility index (Phi) is 6.85. The Labute approximate surface area is 276 Å². The number of benzene rings is 2. The molecule has 3 unspecified atom stereocenters. The highest BCUT2D eigenvalue weighted by molar-refractivity contribution is 7.90. The van der Waals surface area contributed by atoms with E-state index in [1.54, 1.807) is 13.2 Å². The molecule has 0 radical (unpaired) electrons. The minimum Gasteiger partial charge on any atom is -0.497 e. The summed E-state index contributed by atoms with van der Waals surface area (Å²) in [5, 5.41) is 4.22. The number of aromatic nitrogens is 1. The van der Waals surface area contributed by atoms with Gasteiger partial charge in [0.05, 0.1) is 23.5 Å². The zero-order valence-corrected chi connectivity index (χ0v) is 27.9. The van der Waals surface area contributed by atoms with E-state index in [1.807, 2.05) is 18.2 Å². The van der Waals surface area contributed by atoms with Crippen LogP contribution in [0.1, 0.15) is 104 Å². The summed E-state index contributed by atoms with van der Waals surface area (Å²) in [4.78, 5) is 30.5. The number of hydrogen-bond donors (Lipinski definition) is 2. The molecule has 4 aliphatic heterocycles. The fourth-order valence-electron chi connectivity index (χ4n) is 9.62. The van der Waals surface area contributed by atoms with Crippen molar-refractivity contribution < 1.29 is 22.7 Å². The van der Waals surface area contributed by atoms with E-state index < -0.39 is 26.6 Å². The molecule has 10 heteroatoms. The summed E-state index contributed by atoms with van der Waals surface area (Å²) < 4.78 is 36.3. The largest absolute Gasteiger partial charge is 0.497 e. The normalized spacial score (nSPS) is 28.5. The molecule has 1 aromatic heterocycles. The van der Waals surface area contributed by atoms with E-state index in [1.165, 1.54) is 30.4 Å². The van der Waals surface area contributed by atoms with Crippen LogP contribution in [0.2, 0.25) is 0 Å². The first-order valence-electron chi connectivity index (χ1n) is 17.7. The number of sulfonamides is 1. The first-order valence-corrected chi connectivity index (χ1v) is 19.3. The molecule has 47 heavy (non-hydrogen) atoms. The molecule has 2 amide bonds. The van der Waals surface area contributed by atoms with Gasteiger partial charge in [0.2, 0.25) is 15.9 Å². The maximum atomic E-state index is 14.8. The van der Waals surface area contributed by atoms with E-state index in [2.05, 4.69) is 31.6 Å². The molecule has 3 aliphatic carbocycles. The Morgan fingerprint density at radius 1 is 0.979 bits per heavy atom. The number of fused-ring (bicyclic) bond motifs is 10. The topological polar surface area (TPSA) is 110 Å². The lowest BCUT2D eigenvalue weighted by atomic mass is 9.81. The Hall–Kier alpha value is -3.37. The van der Waals surface area contributed by atoms with Crippen molar-refractivity contribution in [3.8, 4) is 17.0 Å². The summed E-state index contributed by atoms with van der Waals surface area (Å²) in [5.74, 6) is 0.928. The minimum atomic E-state index is -3.72. The molecular formula is C37H44N4O5S. The van der Waals surface area contributed by atoms with Gasteiger partial charge < -0.3 is 19.5 Å². The highest BCUT2D eigenvalue weighted by Gasteiger charge is 2.64. The van der Waals surface area contributed by atoms with Gasteiger partial charge in [-0.05, 0) is 92.3 Å². The standard InChI is InChI=1S/C37H44N4O5S/c1-46-26-13-15-28-30(17-26)31-18-37(31,36(43)40-20-24-11-12-25(40)19-38-24)21-41-32-16-23(35(42)39-47(44,45)27-8-5-9-27)10-14-29(32)33(34(28)41)22-6-3-2-4-7-22/h10,13-17,22,24-25,27,31,38H,2-9,11-12,18-21H2,1H3,(H,39,42)/t24?,25?,31?,37-/m1/s1. The lowest BCUT2D eigenvalue weighted by Crippen LogP contribution is -2.63. The smallest absolute Gasteiger partial charge is 0.264 e. The SMILES string of the molecule is COc1ccc2c(c1)C1C[C@@]1(C(=O)N1CC3CCC1CN3)Cn1c-2c(C2CCCCC2)c2ccc(C(=O)NS(=O)(=O)C3CCC3)cc21. The fourth-order valence-corrected chi connectivity index (χ4v) is 11.1. The minimum absolute atomic E-state index is 0.0850. The maximum Gasteiger partial charge on any atom is 0.264 e. The molecule has 6 fully saturated rings. The number of methoxy groups -OCH3 is 1. The van der Waals surface area contributed by atoms with E-state index in [0.717, 1.165) is 79.5 Å². The summed E-state index contributed by atoms with van der Waals surface area (Å²) in [5.41, 5.74) is 5.47. The van der Waals surface area contributed by atoms with Crippen molar-refractivity contribution >= 4 is 32.7 Å². The van der Waals surface area contributed by atoms with Crippen molar-refractivity contribution in [3.05, 3.63) is 53.1 Å². The lowest BCUT2D eigenvalue weighted by Gasteiger charge is -2.47.